The largest absolute Gasteiger partial charge is 0.534 e. The van der Waals surface area contributed by atoms with E-state index in [0.29, 0.717) is 23.0 Å². The third-order valence-electron chi connectivity index (χ3n) is 5.29. The highest BCUT2D eigenvalue weighted by atomic mass is 16.8. The van der Waals surface area contributed by atoms with Crippen LogP contribution in [0.25, 0.3) is 0 Å². The molecule has 2 heterocycles. The Morgan fingerprint density at radius 2 is 1.43 bits per heavy atom. The highest BCUT2D eigenvalue weighted by molar-refractivity contribution is 6.02. The summed E-state index contributed by atoms with van der Waals surface area (Å²) in [4.78, 5) is 80.8. The molecule has 30 heavy (non-hydrogen) atoms. The molecule has 0 radical (unpaired) electrons. The summed E-state index contributed by atoms with van der Waals surface area (Å²) in [5.41, 5.74) is -1.01. The number of hydrogen-bond donors (Lipinski definition) is 0. The average Bonchev–Trinajstić information content (AvgIpc) is 3.17. The Balaban J connectivity index is 1.57. The molecule has 1 aliphatic carbocycles. The van der Waals surface area contributed by atoms with Crippen LogP contribution in [-0.2, 0) is 38.4 Å². The van der Waals surface area contributed by atoms with Gasteiger partial charge in [-0.1, -0.05) is 11.1 Å². The highest BCUT2D eigenvalue weighted by Crippen LogP contribution is 2.35. The maximum absolute atomic E-state index is 12.7. The second-order valence-corrected chi connectivity index (χ2v) is 7.61. The Kier molecular flexibility index (Phi) is 6.18. The first-order valence-electron chi connectivity index (χ1n) is 9.69. The lowest BCUT2D eigenvalue weighted by molar-refractivity contribution is -0.205. The SMILES string of the molecule is C[C@]1(C(=O)ON2C(=O)CCC2=O)CC/C=C/[C@H](OC(=O)ON2C(=O)CCC2=O)CC1. The third-order valence-corrected chi connectivity index (χ3v) is 5.29. The van der Waals surface area contributed by atoms with Crippen molar-refractivity contribution in [3.05, 3.63) is 12.2 Å². The molecule has 0 spiro atoms. The van der Waals surface area contributed by atoms with Gasteiger partial charge in [-0.05, 0) is 38.7 Å². The summed E-state index contributed by atoms with van der Waals surface area (Å²) in [6.07, 6.45) is 2.69. The molecule has 0 bridgehead atoms. The van der Waals surface area contributed by atoms with E-state index in [-0.39, 0.29) is 38.5 Å². The lowest BCUT2D eigenvalue weighted by Gasteiger charge is -2.30. The zero-order valence-electron chi connectivity index (χ0n) is 16.5. The van der Waals surface area contributed by atoms with E-state index in [9.17, 15) is 28.8 Å². The molecule has 2 fully saturated rings. The van der Waals surface area contributed by atoms with Crippen LogP contribution < -0.4 is 0 Å². The van der Waals surface area contributed by atoms with Crippen LogP contribution in [0.2, 0.25) is 0 Å². The van der Waals surface area contributed by atoms with Crippen LogP contribution in [0.5, 0.6) is 0 Å². The molecule has 11 heteroatoms. The Hall–Kier alpha value is -3.24. The van der Waals surface area contributed by atoms with Gasteiger partial charge in [-0.15, -0.1) is 5.06 Å². The quantitative estimate of drug-likeness (QED) is 0.373. The normalized spacial score (nSPS) is 28.2. The summed E-state index contributed by atoms with van der Waals surface area (Å²) in [6, 6.07) is 0. The van der Waals surface area contributed by atoms with Crippen LogP contribution in [0.3, 0.4) is 0 Å². The molecule has 4 amide bonds. The van der Waals surface area contributed by atoms with Crippen LogP contribution in [0.4, 0.5) is 4.79 Å². The fraction of sp³-hybridized carbons (Fsp3) is 0.579. The number of hydroxylamine groups is 4. The van der Waals surface area contributed by atoms with Crippen molar-refractivity contribution < 1.29 is 43.2 Å². The molecular formula is C19H22N2O9. The van der Waals surface area contributed by atoms with Crippen molar-refractivity contribution in [1.29, 1.82) is 0 Å². The van der Waals surface area contributed by atoms with Crippen LogP contribution in [0.15, 0.2) is 12.2 Å². The van der Waals surface area contributed by atoms with Crippen LogP contribution in [0.1, 0.15) is 58.3 Å². The van der Waals surface area contributed by atoms with Crippen molar-refractivity contribution in [2.45, 2.75) is 64.4 Å². The van der Waals surface area contributed by atoms with E-state index in [4.69, 9.17) is 9.57 Å². The lowest BCUT2D eigenvalue weighted by Crippen LogP contribution is -2.40. The molecule has 3 rings (SSSR count). The van der Waals surface area contributed by atoms with Gasteiger partial charge in [0.2, 0.25) is 0 Å². The van der Waals surface area contributed by atoms with Gasteiger partial charge in [-0.2, -0.15) is 0 Å². The second-order valence-electron chi connectivity index (χ2n) is 7.61. The number of hydrogen-bond acceptors (Lipinski definition) is 9. The van der Waals surface area contributed by atoms with E-state index >= 15 is 0 Å². The van der Waals surface area contributed by atoms with Crippen molar-refractivity contribution in [2.75, 3.05) is 0 Å². The minimum Gasteiger partial charge on any atom is -0.425 e. The Labute approximate surface area is 171 Å². The number of ether oxygens (including phenoxy) is 1. The molecule has 2 saturated heterocycles. The minimum atomic E-state index is -1.20. The number of amides is 4. The molecule has 11 nitrogen and oxygen atoms in total. The van der Waals surface area contributed by atoms with Gasteiger partial charge in [0.25, 0.3) is 23.6 Å². The number of carbonyl (C=O) groups excluding carboxylic acids is 6. The smallest absolute Gasteiger partial charge is 0.425 e. The topological polar surface area (TPSA) is 137 Å². The van der Waals surface area contributed by atoms with Gasteiger partial charge in [0.05, 0.1) is 5.41 Å². The van der Waals surface area contributed by atoms with Crippen molar-refractivity contribution in [1.82, 2.24) is 10.1 Å². The summed E-state index contributed by atoms with van der Waals surface area (Å²) in [6.45, 7) is 1.65. The molecule has 0 N–H and O–H groups in total. The fourth-order valence-electron chi connectivity index (χ4n) is 3.36. The first-order chi connectivity index (χ1) is 14.2. The van der Waals surface area contributed by atoms with Gasteiger partial charge in [-0.3, -0.25) is 24.0 Å². The minimum absolute atomic E-state index is 0.00557. The number of carbonyl (C=O) groups is 6. The van der Waals surface area contributed by atoms with Crippen molar-refractivity contribution in [2.24, 2.45) is 5.41 Å². The summed E-state index contributed by atoms with van der Waals surface area (Å²) in [7, 11) is 0. The van der Waals surface area contributed by atoms with Gasteiger partial charge in [0.1, 0.15) is 6.10 Å². The van der Waals surface area contributed by atoms with Crippen LogP contribution in [0, 0.1) is 5.41 Å². The molecule has 0 saturated carbocycles. The molecular weight excluding hydrogens is 400 g/mol. The number of imide groups is 2. The first-order valence-corrected chi connectivity index (χ1v) is 9.69. The molecule has 2 aliphatic heterocycles. The van der Waals surface area contributed by atoms with Crippen molar-refractivity contribution in [3.63, 3.8) is 0 Å². The van der Waals surface area contributed by atoms with Gasteiger partial charge >= 0.3 is 12.1 Å². The third kappa shape index (κ3) is 4.66. The number of nitrogens with zero attached hydrogens (tertiary/aromatic N) is 2. The van der Waals surface area contributed by atoms with E-state index in [1.54, 1.807) is 19.1 Å². The second kappa shape index (κ2) is 8.64. The summed E-state index contributed by atoms with van der Waals surface area (Å²) in [5.74, 6) is -3.07. The van der Waals surface area contributed by atoms with E-state index in [2.05, 4.69) is 4.84 Å². The van der Waals surface area contributed by atoms with Gasteiger partial charge < -0.3 is 9.57 Å². The predicted octanol–water partition coefficient (Wildman–Crippen LogP) is 1.32. The number of allylic oxidation sites excluding steroid dienone is 1. The molecule has 2 atom stereocenters. The van der Waals surface area contributed by atoms with E-state index < -0.39 is 47.3 Å². The monoisotopic (exact) mass is 422 g/mol. The molecule has 162 valence electrons. The highest BCUT2D eigenvalue weighted by Gasteiger charge is 2.41. The predicted molar refractivity (Wildman–Crippen MR) is 95.3 cm³/mol. The maximum atomic E-state index is 12.7. The first kappa shape index (κ1) is 21.5. The molecule has 0 aromatic rings. The zero-order valence-corrected chi connectivity index (χ0v) is 16.5. The number of rotatable bonds is 4. The van der Waals surface area contributed by atoms with Crippen LogP contribution in [-0.4, -0.2) is 52.0 Å². The molecule has 0 aromatic carbocycles. The van der Waals surface area contributed by atoms with E-state index in [1.807, 2.05) is 0 Å². The fourth-order valence-corrected chi connectivity index (χ4v) is 3.36. The Bertz CT molecular complexity index is 789. The Morgan fingerprint density at radius 1 is 0.900 bits per heavy atom. The van der Waals surface area contributed by atoms with Crippen molar-refractivity contribution >= 4 is 35.8 Å². The molecule has 3 aliphatic rings. The van der Waals surface area contributed by atoms with Crippen molar-refractivity contribution in [3.8, 4) is 0 Å². The summed E-state index contributed by atoms with van der Waals surface area (Å²) < 4.78 is 5.16. The van der Waals surface area contributed by atoms with Crippen LogP contribution >= 0.6 is 0 Å². The zero-order chi connectivity index (χ0) is 21.9. The average molecular weight is 422 g/mol. The molecule has 0 unspecified atom stereocenters. The molecule has 0 aromatic heterocycles. The standard InChI is InChI=1S/C19H22N2O9/c1-19(17(26)29-20-13(22)5-6-14(20)23)10-3-2-4-12(9-11-19)28-18(27)30-21-15(24)7-8-16(21)25/h2,4,12H,3,5-11H2,1H3/b4-2+/t12-,19-/m0/s1. The van der Waals surface area contributed by atoms with E-state index in [1.165, 1.54) is 0 Å². The lowest BCUT2D eigenvalue weighted by atomic mass is 9.79. The van der Waals surface area contributed by atoms with Gasteiger partial charge in [0.15, 0.2) is 0 Å². The summed E-state index contributed by atoms with van der Waals surface area (Å²) in [5, 5.41) is 0.901. The maximum Gasteiger partial charge on any atom is 0.534 e. The summed E-state index contributed by atoms with van der Waals surface area (Å²) >= 11 is 0. The van der Waals surface area contributed by atoms with Gasteiger partial charge in [0, 0.05) is 25.7 Å². The van der Waals surface area contributed by atoms with E-state index in [0.717, 1.165) is 0 Å². The van der Waals surface area contributed by atoms with Gasteiger partial charge in [-0.25, -0.2) is 9.59 Å². The Morgan fingerprint density at radius 3 is 2.00 bits per heavy atom.